The van der Waals surface area contributed by atoms with E-state index in [2.05, 4.69) is 34.6 Å². The normalized spacial score (nSPS) is 16.7. The Morgan fingerprint density at radius 2 is 1.47 bits per heavy atom. The van der Waals surface area contributed by atoms with E-state index in [0.717, 1.165) is 65.5 Å². The van der Waals surface area contributed by atoms with Crippen molar-refractivity contribution in [1.82, 2.24) is 0 Å². The fourth-order valence-corrected chi connectivity index (χ4v) is 5.28. The average Bonchev–Trinajstić information content (AvgIpc) is 2.86. The summed E-state index contributed by atoms with van der Waals surface area (Å²) in [6.45, 7) is 17.5. The third-order valence-corrected chi connectivity index (χ3v) is 7.98. The number of allylic oxidation sites excluding steroid dienone is 3. The molecule has 1 aromatic carbocycles. The highest BCUT2D eigenvalue weighted by molar-refractivity contribution is 5.80. The molecule has 0 saturated carbocycles. The number of fused-ring (bicyclic) bond motifs is 1. The molecule has 4 heteroatoms. The number of carbonyl (C=O) groups is 1. The van der Waals surface area contributed by atoms with Gasteiger partial charge in [-0.15, -0.1) is 0 Å². The van der Waals surface area contributed by atoms with E-state index >= 15 is 0 Å². The third kappa shape index (κ3) is 12.5. The standard InChI is InChI=1S/C28H48O2.C6H8O2/c1-19(2)11-8-12-20(3)13-9-14-21(4)15-10-16-25-17-18-26-24(7)27(29)22(5)23(6)28(26)30-25;1-2-3-4-5-6(7)8/h19-21,25,29H,8-18H2,1-7H3;2-5H,1H3,(H,7,8)/b;3-2+,5-4+/t20-,21-,25-;/m1./s1. The van der Waals surface area contributed by atoms with Gasteiger partial charge in [0.1, 0.15) is 11.5 Å². The molecule has 0 spiro atoms. The van der Waals surface area contributed by atoms with Gasteiger partial charge in [0.15, 0.2) is 0 Å². The molecular formula is C34H56O4. The minimum atomic E-state index is -0.914. The monoisotopic (exact) mass is 528 g/mol. The average molecular weight is 529 g/mol. The zero-order valence-corrected chi connectivity index (χ0v) is 25.6. The number of benzene rings is 1. The second-order valence-electron chi connectivity index (χ2n) is 11.9. The molecule has 0 unspecified atom stereocenters. The number of rotatable bonds is 14. The minimum Gasteiger partial charge on any atom is -0.507 e. The summed E-state index contributed by atoms with van der Waals surface area (Å²) < 4.78 is 6.42. The summed E-state index contributed by atoms with van der Waals surface area (Å²) in [5, 5.41) is 18.3. The Kier molecular flexibility index (Phi) is 16.1. The molecule has 4 nitrogen and oxygen atoms in total. The molecule has 0 amide bonds. The van der Waals surface area contributed by atoms with Crippen LogP contribution in [-0.2, 0) is 11.2 Å². The Labute approximate surface area is 233 Å². The van der Waals surface area contributed by atoms with Crippen LogP contribution in [0.2, 0.25) is 0 Å². The number of phenols is 1. The first kappa shape index (κ1) is 33.8. The van der Waals surface area contributed by atoms with Crippen LogP contribution in [-0.4, -0.2) is 22.3 Å². The molecule has 0 aliphatic carbocycles. The lowest BCUT2D eigenvalue weighted by Gasteiger charge is -2.30. The van der Waals surface area contributed by atoms with Gasteiger partial charge in [-0.05, 0) is 87.8 Å². The van der Waals surface area contributed by atoms with Gasteiger partial charge in [-0.2, -0.15) is 0 Å². The second kappa shape index (κ2) is 18.1. The maximum Gasteiger partial charge on any atom is 0.328 e. The first-order valence-electron chi connectivity index (χ1n) is 15.0. The Hall–Kier alpha value is -2.23. The topological polar surface area (TPSA) is 66.8 Å². The number of hydrogen-bond donors (Lipinski definition) is 2. The zero-order chi connectivity index (χ0) is 28.7. The maximum atomic E-state index is 10.3. The van der Waals surface area contributed by atoms with Crippen molar-refractivity contribution < 1.29 is 19.7 Å². The molecule has 3 atom stereocenters. The molecular weight excluding hydrogens is 472 g/mol. The highest BCUT2D eigenvalue weighted by atomic mass is 16.5. The van der Waals surface area contributed by atoms with Crippen molar-refractivity contribution in [2.24, 2.45) is 17.8 Å². The van der Waals surface area contributed by atoms with Gasteiger partial charge in [-0.25, -0.2) is 4.79 Å². The van der Waals surface area contributed by atoms with Crippen molar-refractivity contribution in [1.29, 1.82) is 0 Å². The molecule has 2 rings (SSSR count). The maximum absolute atomic E-state index is 10.3. The summed E-state index contributed by atoms with van der Waals surface area (Å²) in [6, 6.07) is 0. The lowest BCUT2D eigenvalue weighted by molar-refractivity contribution is -0.131. The lowest BCUT2D eigenvalue weighted by Crippen LogP contribution is -2.24. The van der Waals surface area contributed by atoms with Crippen LogP contribution in [0, 0.1) is 38.5 Å². The van der Waals surface area contributed by atoms with Crippen LogP contribution in [0.1, 0.15) is 121 Å². The molecule has 0 fully saturated rings. The van der Waals surface area contributed by atoms with E-state index in [1.807, 2.05) is 20.8 Å². The van der Waals surface area contributed by atoms with E-state index in [0.29, 0.717) is 11.9 Å². The zero-order valence-electron chi connectivity index (χ0n) is 25.6. The number of carboxylic acid groups (broad SMARTS) is 1. The molecule has 1 heterocycles. The summed E-state index contributed by atoms with van der Waals surface area (Å²) in [5.74, 6) is 3.16. The molecule has 38 heavy (non-hydrogen) atoms. The number of hydrogen-bond acceptors (Lipinski definition) is 3. The first-order chi connectivity index (χ1) is 18.0. The Bertz CT molecular complexity index is 896. The molecule has 1 aliphatic rings. The van der Waals surface area contributed by atoms with E-state index in [-0.39, 0.29) is 0 Å². The number of carboxylic acids is 1. The highest BCUT2D eigenvalue weighted by Gasteiger charge is 2.25. The number of ether oxygens (including phenoxy) is 1. The predicted octanol–water partition coefficient (Wildman–Crippen LogP) is 9.65. The SMILES string of the molecule is C/C=C/C=C/C(=O)O.Cc1c(C)c2c(c(C)c1O)CC[C@@H](CCC[C@H](C)CCC[C@H](C)CCCC(C)C)O2. The van der Waals surface area contributed by atoms with E-state index in [9.17, 15) is 9.90 Å². The molecule has 0 saturated heterocycles. The van der Waals surface area contributed by atoms with Crippen LogP contribution in [0.4, 0.5) is 0 Å². The summed E-state index contributed by atoms with van der Waals surface area (Å²) in [7, 11) is 0. The Morgan fingerprint density at radius 3 is 2.03 bits per heavy atom. The fraction of sp³-hybridized carbons (Fsp3) is 0.676. The Morgan fingerprint density at radius 1 is 0.895 bits per heavy atom. The van der Waals surface area contributed by atoms with E-state index in [4.69, 9.17) is 9.84 Å². The minimum absolute atomic E-state index is 0.340. The number of phenolic OH excluding ortho intramolecular Hbond substituents is 1. The fourth-order valence-electron chi connectivity index (χ4n) is 5.28. The highest BCUT2D eigenvalue weighted by Crippen LogP contribution is 2.41. The van der Waals surface area contributed by atoms with Crippen molar-refractivity contribution >= 4 is 5.97 Å². The van der Waals surface area contributed by atoms with Gasteiger partial charge in [0.2, 0.25) is 0 Å². The van der Waals surface area contributed by atoms with Gasteiger partial charge in [0.05, 0.1) is 6.10 Å². The molecule has 216 valence electrons. The molecule has 0 aromatic heterocycles. The summed E-state index contributed by atoms with van der Waals surface area (Å²) in [4.78, 5) is 9.75. The van der Waals surface area contributed by atoms with Crippen molar-refractivity contribution in [3.8, 4) is 11.5 Å². The molecule has 0 radical (unpaired) electrons. The summed E-state index contributed by atoms with van der Waals surface area (Å²) in [5.41, 5.74) is 4.33. The van der Waals surface area contributed by atoms with Crippen molar-refractivity contribution in [2.75, 3.05) is 0 Å². The van der Waals surface area contributed by atoms with Crippen LogP contribution < -0.4 is 4.74 Å². The van der Waals surface area contributed by atoms with Crippen LogP contribution in [0.25, 0.3) is 0 Å². The molecule has 0 bridgehead atoms. The largest absolute Gasteiger partial charge is 0.507 e. The van der Waals surface area contributed by atoms with Crippen LogP contribution in [0.15, 0.2) is 24.3 Å². The quantitative estimate of drug-likeness (QED) is 0.186. The van der Waals surface area contributed by atoms with E-state index in [1.54, 1.807) is 12.2 Å². The summed E-state index contributed by atoms with van der Waals surface area (Å²) >= 11 is 0. The van der Waals surface area contributed by atoms with Gasteiger partial charge in [-0.1, -0.05) is 90.9 Å². The lowest BCUT2D eigenvalue weighted by atomic mass is 9.89. The predicted molar refractivity (Wildman–Crippen MR) is 161 cm³/mol. The van der Waals surface area contributed by atoms with E-state index < -0.39 is 5.97 Å². The first-order valence-corrected chi connectivity index (χ1v) is 15.0. The van der Waals surface area contributed by atoms with Gasteiger partial charge in [-0.3, -0.25) is 0 Å². The third-order valence-electron chi connectivity index (χ3n) is 7.98. The van der Waals surface area contributed by atoms with Crippen molar-refractivity contribution in [2.45, 2.75) is 132 Å². The second-order valence-corrected chi connectivity index (χ2v) is 11.9. The smallest absolute Gasteiger partial charge is 0.328 e. The van der Waals surface area contributed by atoms with E-state index in [1.165, 1.54) is 63.0 Å². The van der Waals surface area contributed by atoms with Gasteiger partial charge in [0, 0.05) is 11.6 Å². The van der Waals surface area contributed by atoms with Crippen LogP contribution in [0.5, 0.6) is 11.5 Å². The van der Waals surface area contributed by atoms with Crippen molar-refractivity contribution in [3.05, 3.63) is 46.6 Å². The molecule has 1 aromatic rings. The van der Waals surface area contributed by atoms with Crippen LogP contribution >= 0.6 is 0 Å². The molecule has 2 N–H and O–H groups in total. The summed E-state index contributed by atoms with van der Waals surface area (Å²) in [6.07, 6.45) is 20.5. The molecule has 1 aliphatic heterocycles. The van der Waals surface area contributed by atoms with Crippen molar-refractivity contribution in [3.63, 3.8) is 0 Å². The number of aromatic hydroxyl groups is 1. The van der Waals surface area contributed by atoms with Gasteiger partial charge >= 0.3 is 5.97 Å². The van der Waals surface area contributed by atoms with Gasteiger partial charge < -0.3 is 14.9 Å². The van der Waals surface area contributed by atoms with Crippen LogP contribution in [0.3, 0.4) is 0 Å². The Balaban J connectivity index is 0.000000781. The van der Waals surface area contributed by atoms with Gasteiger partial charge in [0.25, 0.3) is 0 Å². The number of aliphatic carboxylic acids is 1.